The minimum absolute atomic E-state index is 0. The Morgan fingerprint density at radius 1 is 1.30 bits per heavy atom. The third-order valence-electron chi connectivity index (χ3n) is 3.42. The van der Waals surface area contributed by atoms with Crippen LogP contribution in [0.3, 0.4) is 0 Å². The molecule has 0 spiro atoms. The maximum Gasteiger partial charge on any atom is 0.161 e. The highest BCUT2D eigenvalue weighted by Crippen LogP contribution is 2.31. The number of benzene rings is 1. The van der Waals surface area contributed by atoms with Gasteiger partial charge in [0.25, 0.3) is 0 Å². The predicted octanol–water partition coefficient (Wildman–Crippen LogP) is 4.52. The number of hydrogen-bond acceptors (Lipinski definition) is 3. The predicted molar refractivity (Wildman–Crippen MR) is 89.1 cm³/mol. The van der Waals surface area contributed by atoms with E-state index < -0.39 is 0 Å². The second-order valence-corrected chi connectivity index (χ2v) is 4.62. The maximum atomic E-state index is 9.59. The lowest BCUT2D eigenvalue weighted by molar-refractivity contribution is 0.373. The molecule has 2 rings (SSSR count). The van der Waals surface area contributed by atoms with Crippen LogP contribution in [0.2, 0.25) is 0 Å². The van der Waals surface area contributed by atoms with Gasteiger partial charge >= 0.3 is 0 Å². The topological polar surface area (TPSA) is 41.8 Å². The number of hydrogen-bond donors (Lipinski definition) is 1. The molecule has 0 radical (unpaired) electrons. The number of phenolic OH excluding ortho intramolecular Hbond substituents is 1. The first-order chi connectivity index (χ1) is 9.06. The molecule has 0 fully saturated rings. The van der Waals surface area contributed by atoms with E-state index in [1.165, 1.54) is 11.1 Å². The third kappa shape index (κ3) is 3.12. The Kier molecular flexibility index (Phi) is 5.57. The van der Waals surface area contributed by atoms with Crippen molar-refractivity contribution in [1.82, 2.24) is 0 Å². The molecule has 0 saturated carbocycles. The molecule has 1 aromatic carbocycles. The van der Waals surface area contributed by atoms with Gasteiger partial charge in [0.15, 0.2) is 11.5 Å². The molecule has 1 heterocycles. The second-order valence-electron chi connectivity index (χ2n) is 4.62. The Balaban J connectivity index is 0.00000200. The summed E-state index contributed by atoms with van der Waals surface area (Å²) in [5.41, 5.74) is 5.60. The summed E-state index contributed by atoms with van der Waals surface area (Å²) in [6, 6.07) is 5.30. The summed E-state index contributed by atoms with van der Waals surface area (Å²) in [6.45, 7) is 6.28. The van der Waals surface area contributed by atoms with E-state index in [1.807, 2.05) is 25.1 Å². The number of allylic oxidation sites excluding steroid dienone is 2. The molecule has 20 heavy (non-hydrogen) atoms. The van der Waals surface area contributed by atoms with Gasteiger partial charge in [-0.05, 0) is 55.2 Å². The summed E-state index contributed by atoms with van der Waals surface area (Å²) < 4.78 is 5.11. The highest BCUT2D eigenvalue weighted by Gasteiger charge is 2.15. The van der Waals surface area contributed by atoms with Crippen molar-refractivity contribution in [1.29, 1.82) is 0 Å². The zero-order valence-corrected chi connectivity index (χ0v) is 13.9. The maximum absolute atomic E-state index is 9.59. The number of phenols is 1. The van der Waals surface area contributed by atoms with Gasteiger partial charge in [-0.3, -0.25) is 4.99 Å². The van der Waals surface area contributed by atoms with Crippen molar-refractivity contribution in [3.8, 4) is 11.5 Å². The van der Waals surface area contributed by atoms with Crippen molar-refractivity contribution in [2.24, 2.45) is 4.99 Å². The monoisotopic (exact) mass is 337 g/mol. The van der Waals surface area contributed by atoms with E-state index in [0.29, 0.717) is 5.75 Å². The van der Waals surface area contributed by atoms with Crippen molar-refractivity contribution in [3.05, 3.63) is 40.6 Å². The number of ether oxygens (including phenoxy) is 1. The van der Waals surface area contributed by atoms with E-state index in [9.17, 15) is 5.11 Å². The molecule has 1 aliphatic heterocycles. The fraction of sp³-hybridized carbons (Fsp3) is 0.312. The summed E-state index contributed by atoms with van der Waals surface area (Å²) in [7, 11) is 1.55. The van der Waals surface area contributed by atoms with Gasteiger partial charge in [-0.25, -0.2) is 0 Å². The lowest BCUT2D eigenvalue weighted by atomic mass is 10.0. The molecule has 0 aliphatic carbocycles. The normalized spacial score (nSPS) is 16.2. The first-order valence-corrected chi connectivity index (χ1v) is 6.41. The number of halogens is 1. The average Bonchev–Trinajstić information content (AvgIpc) is 2.66. The van der Waals surface area contributed by atoms with Crippen molar-refractivity contribution in [2.75, 3.05) is 7.11 Å². The molecule has 0 bridgehead atoms. The highest BCUT2D eigenvalue weighted by atomic mass is 79.9. The van der Waals surface area contributed by atoms with Crippen LogP contribution in [0.15, 0.2) is 40.0 Å². The highest BCUT2D eigenvalue weighted by molar-refractivity contribution is 8.93. The molecule has 1 aromatic rings. The van der Waals surface area contributed by atoms with Gasteiger partial charge in [0.1, 0.15) is 0 Å². The molecular formula is C16H20BrNO2. The van der Waals surface area contributed by atoms with E-state index in [1.54, 1.807) is 13.2 Å². The summed E-state index contributed by atoms with van der Waals surface area (Å²) in [4.78, 5) is 4.60. The fourth-order valence-electron chi connectivity index (χ4n) is 2.36. The van der Waals surface area contributed by atoms with E-state index >= 15 is 0 Å². The molecule has 0 unspecified atom stereocenters. The Morgan fingerprint density at radius 3 is 2.55 bits per heavy atom. The number of rotatable bonds is 3. The number of nitrogens with zero attached hydrogens (tertiary/aromatic N) is 1. The Morgan fingerprint density at radius 2 is 2.00 bits per heavy atom. The van der Waals surface area contributed by atoms with Gasteiger partial charge in [0.05, 0.1) is 12.8 Å². The van der Waals surface area contributed by atoms with Crippen LogP contribution in [0.25, 0.3) is 6.08 Å². The van der Waals surface area contributed by atoms with Crippen LogP contribution < -0.4 is 4.74 Å². The molecule has 3 nitrogen and oxygen atoms in total. The molecule has 0 aromatic heterocycles. The number of methoxy groups -OCH3 is 1. The van der Waals surface area contributed by atoms with Crippen LogP contribution >= 0.6 is 17.0 Å². The molecule has 4 heteroatoms. The minimum Gasteiger partial charge on any atom is -0.504 e. The zero-order valence-electron chi connectivity index (χ0n) is 12.2. The van der Waals surface area contributed by atoms with Gasteiger partial charge in [-0.2, -0.15) is 0 Å². The molecule has 0 amide bonds. The molecule has 0 atom stereocenters. The Bertz CT molecular complexity index is 600. The Hall–Kier alpha value is -1.55. The van der Waals surface area contributed by atoms with Crippen molar-refractivity contribution in [2.45, 2.75) is 27.2 Å². The number of aromatic hydroxyl groups is 1. The first kappa shape index (κ1) is 16.5. The van der Waals surface area contributed by atoms with Gasteiger partial charge in [-0.1, -0.05) is 13.0 Å². The van der Waals surface area contributed by atoms with Gasteiger partial charge < -0.3 is 9.84 Å². The van der Waals surface area contributed by atoms with E-state index in [-0.39, 0.29) is 22.7 Å². The standard InChI is InChI=1S/C16H19NO2.BrH/c1-5-13-10(2)14(17-11(13)3)8-12-6-7-15(18)16(9-12)19-4;/h6-9,18H,5H2,1-4H3;1H/b14-8-;. The van der Waals surface area contributed by atoms with Crippen LogP contribution in [0.1, 0.15) is 32.8 Å². The molecule has 0 saturated heterocycles. The molecule has 1 N–H and O–H groups in total. The quantitative estimate of drug-likeness (QED) is 0.880. The first-order valence-electron chi connectivity index (χ1n) is 6.41. The SMILES string of the molecule is Br.CCC1=C(C)/C(=C/c2ccc(O)c(OC)c2)N=C1C. The van der Waals surface area contributed by atoms with E-state index in [2.05, 4.69) is 18.8 Å². The molecule has 1 aliphatic rings. The summed E-state index contributed by atoms with van der Waals surface area (Å²) >= 11 is 0. The van der Waals surface area contributed by atoms with Gasteiger partial charge in [0, 0.05) is 5.71 Å². The van der Waals surface area contributed by atoms with Crippen LogP contribution in [0, 0.1) is 0 Å². The fourth-order valence-corrected chi connectivity index (χ4v) is 2.36. The van der Waals surface area contributed by atoms with Crippen LogP contribution in [-0.2, 0) is 0 Å². The van der Waals surface area contributed by atoms with Crippen molar-refractivity contribution in [3.63, 3.8) is 0 Å². The van der Waals surface area contributed by atoms with Crippen LogP contribution in [-0.4, -0.2) is 17.9 Å². The van der Waals surface area contributed by atoms with E-state index in [0.717, 1.165) is 23.4 Å². The van der Waals surface area contributed by atoms with Crippen molar-refractivity contribution >= 4 is 28.8 Å². The number of aliphatic imine (C=N–C) groups is 1. The van der Waals surface area contributed by atoms with Crippen molar-refractivity contribution < 1.29 is 9.84 Å². The van der Waals surface area contributed by atoms with Crippen LogP contribution in [0.4, 0.5) is 0 Å². The summed E-state index contributed by atoms with van der Waals surface area (Å²) in [6.07, 6.45) is 3.01. The largest absolute Gasteiger partial charge is 0.504 e. The summed E-state index contributed by atoms with van der Waals surface area (Å²) in [5.74, 6) is 0.627. The Labute approximate surface area is 130 Å². The summed E-state index contributed by atoms with van der Waals surface area (Å²) in [5, 5.41) is 9.59. The second kappa shape index (κ2) is 6.75. The third-order valence-corrected chi connectivity index (χ3v) is 3.42. The lowest BCUT2D eigenvalue weighted by Crippen LogP contribution is -1.91. The zero-order chi connectivity index (χ0) is 14.0. The van der Waals surface area contributed by atoms with E-state index in [4.69, 9.17) is 4.74 Å². The smallest absolute Gasteiger partial charge is 0.161 e. The minimum atomic E-state index is 0. The average molecular weight is 338 g/mol. The van der Waals surface area contributed by atoms with Gasteiger partial charge in [0.2, 0.25) is 0 Å². The van der Waals surface area contributed by atoms with Gasteiger partial charge in [-0.15, -0.1) is 17.0 Å². The van der Waals surface area contributed by atoms with Crippen LogP contribution in [0.5, 0.6) is 11.5 Å². The lowest BCUT2D eigenvalue weighted by Gasteiger charge is -2.05. The molecule has 108 valence electrons. The molecular weight excluding hydrogens is 318 g/mol.